The third-order valence-electron chi connectivity index (χ3n) is 2.87. The van der Waals surface area contributed by atoms with Crippen LogP contribution in [0.15, 0.2) is 22.7 Å². The Morgan fingerprint density at radius 3 is 2.86 bits per heavy atom. The molecule has 0 radical (unpaired) electrons. The number of hydrogen-bond acceptors (Lipinski definition) is 1. The summed E-state index contributed by atoms with van der Waals surface area (Å²) in [5.74, 6) is 0. The molecule has 0 atom stereocenters. The maximum absolute atomic E-state index is 11.4. The average molecular weight is 253 g/mol. The zero-order chi connectivity index (χ0) is 9.76. The lowest BCUT2D eigenvalue weighted by molar-refractivity contribution is 0.246. The molecule has 3 rings (SSSR count). The maximum Gasteiger partial charge on any atom is 0.319 e. The summed E-state index contributed by atoms with van der Waals surface area (Å²) in [6.45, 7) is 0. The normalized spacial score (nSPS) is 21.1. The molecule has 0 unspecified atom stereocenters. The highest BCUT2D eigenvalue weighted by atomic mass is 79.9. The van der Waals surface area contributed by atoms with Gasteiger partial charge in [0.2, 0.25) is 0 Å². The van der Waals surface area contributed by atoms with Crippen LogP contribution >= 0.6 is 15.9 Å². The lowest BCUT2D eigenvalue weighted by Crippen LogP contribution is -2.43. The quantitative estimate of drug-likeness (QED) is 0.733. The fraction of sp³-hybridized carbons (Fsp3) is 0.300. The molecule has 1 aliphatic heterocycles. The van der Waals surface area contributed by atoms with E-state index in [-0.39, 0.29) is 11.6 Å². The Morgan fingerprint density at radius 1 is 1.36 bits per heavy atom. The molecule has 2 amide bonds. The van der Waals surface area contributed by atoms with Gasteiger partial charge in [0.1, 0.15) is 0 Å². The van der Waals surface area contributed by atoms with Gasteiger partial charge in [0.15, 0.2) is 0 Å². The summed E-state index contributed by atoms with van der Waals surface area (Å²) in [4.78, 5) is 11.4. The number of benzene rings is 1. The standard InChI is InChI=1S/C10H9BrN2O/c11-7-3-1-2-6-8(7)12-9(14)13-10(6)4-5-10/h1-3H,4-5H2,(H2,12,13,14). The second-order valence-corrected chi connectivity index (χ2v) is 4.68. The first kappa shape index (κ1) is 8.29. The van der Waals surface area contributed by atoms with Crippen molar-refractivity contribution < 1.29 is 4.79 Å². The Balaban J connectivity index is 2.21. The smallest absolute Gasteiger partial charge is 0.319 e. The SMILES string of the molecule is O=C1Nc2c(Br)cccc2C2(CC2)N1. The van der Waals surface area contributed by atoms with Crippen LogP contribution in [0, 0.1) is 0 Å². The van der Waals surface area contributed by atoms with E-state index in [2.05, 4.69) is 32.6 Å². The zero-order valence-corrected chi connectivity index (χ0v) is 9.02. The van der Waals surface area contributed by atoms with Crippen molar-refractivity contribution >= 4 is 27.6 Å². The van der Waals surface area contributed by atoms with Crippen LogP contribution in [0.5, 0.6) is 0 Å². The van der Waals surface area contributed by atoms with Gasteiger partial charge in [-0.1, -0.05) is 12.1 Å². The average Bonchev–Trinajstić information content (AvgIpc) is 2.88. The molecule has 1 aromatic rings. The molecule has 1 aromatic carbocycles. The van der Waals surface area contributed by atoms with E-state index in [1.165, 1.54) is 5.56 Å². The van der Waals surface area contributed by atoms with E-state index in [1.54, 1.807) is 0 Å². The summed E-state index contributed by atoms with van der Waals surface area (Å²) in [6.07, 6.45) is 2.09. The van der Waals surface area contributed by atoms with Crippen molar-refractivity contribution in [1.82, 2.24) is 5.32 Å². The van der Waals surface area contributed by atoms with Gasteiger partial charge in [0.25, 0.3) is 0 Å². The molecule has 3 nitrogen and oxygen atoms in total. The second-order valence-electron chi connectivity index (χ2n) is 3.82. The van der Waals surface area contributed by atoms with E-state index in [4.69, 9.17) is 0 Å². The van der Waals surface area contributed by atoms with Crippen molar-refractivity contribution in [3.05, 3.63) is 28.2 Å². The first-order chi connectivity index (χ1) is 6.71. The Labute approximate surface area is 90.0 Å². The van der Waals surface area contributed by atoms with Gasteiger partial charge in [-0.2, -0.15) is 0 Å². The number of anilines is 1. The summed E-state index contributed by atoms with van der Waals surface area (Å²) >= 11 is 3.45. The number of urea groups is 1. The second kappa shape index (κ2) is 2.51. The molecule has 0 aromatic heterocycles. The summed E-state index contributed by atoms with van der Waals surface area (Å²) in [7, 11) is 0. The minimum Gasteiger partial charge on any atom is -0.328 e. The van der Waals surface area contributed by atoms with Gasteiger partial charge in [0.05, 0.1) is 11.2 Å². The third kappa shape index (κ3) is 1.00. The topological polar surface area (TPSA) is 41.1 Å². The van der Waals surface area contributed by atoms with Gasteiger partial charge < -0.3 is 10.6 Å². The third-order valence-corrected chi connectivity index (χ3v) is 3.53. The number of para-hydroxylation sites is 1. The summed E-state index contributed by atoms with van der Waals surface area (Å²) in [5.41, 5.74) is 2.06. The van der Waals surface area contributed by atoms with Gasteiger partial charge in [-0.3, -0.25) is 0 Å². The summed E-state index contributed by atoms with van der Waals surface area (Å²) in [6, 6.07) is 5.92. The van der Waals surface area contributed by atoms with E-state index in [1.807, 2.05) is 12.1 Å². The molecule has 4 heteroatoms. The van der Waals surface area contributed by atoms with E-state index < -0.39 is 0 Å². The number of hydrogen-bond donors (Lipinski definition) is 2. The van der Waals surface area contributed by atoms with Crippen LogP contribution in [0.3, 0.4) is 0 Å². The highest BCUT2D eigenvalue weighted by molar-refractivity contribution is 9.10. The minimum absolute atomic E-state index is 0.0680. The molecule has 14 heavy (non-hydrogen) atoms. The molecule has 1 aliphatic carbocycles. The first-order valence-electron chi connectivity index (χ1n) is 4.59. The number of nitrogens with one attached hydrogen (secondary N) is 2. The number of amides is 2. The Hall–Kier alpha value is -1.03. The molecule has 1 spiro atoms. The van der Waals surface area contributed by atoms with Crippen LogP contribution < -0.4 is 10.6 Å². The van der Waals surface area contributed by atoms with Crippen LogP contribution in [-0.4, -0.2) is 6.03 Å². The predicted molar refractivity (Wildman–Crippen MR) is 57.2 cm³/mol. The molecule has 0 saturated heterocycles. The molecular formula is C10H9BrN2O. The van der Waals surface area contributed by atoms with Gasteiger partial charge in [-0.25, -0.2) is 4.79 Å². The predicted octanol–water partition coefficient (Wildman–Crippen LogP) is 2.57. The summed E-state index contributed by atoms with van der Waals surface area (Å²) in [5, 5.41) is 5.81. The van der Waals surface area contributed by atoms with Gasteiger partial charge in [0, 0.05) is 10.0 Å². The molecule has 1 fully saturated rings. The lowest BCUT2D eigenvalue weighted by Gasteiger charge is -2.27. The lowest BCUT2D eigenvalue weighted by atomic mass is 10.0. The fourth-order valence-corrected chi connectivity index (χ4v) is 2.46. The van der Waals surface area contributed by atoms with Crippen LogP contribution in [0.2, 0.25) is 0 Å². The van der Waals surface area contributed by atoms with E-state index in [0.717, 1.165) is 23.0 Å². The maximum atomic E-state index is 11.4. The first-order valence-corrected chi connectivity index (χ1v) is 5.39. The Morgan fingerprint density at radius 2 is 2.14 bits per heavy atom. The van der Waals surface area contributed by atoms with E-state index in [9.17, 15) is 4.79 Å². The Bertz CT molecular complexity index is 426. The molecule has 72 valence electrons. The number of carbonyl (C=O) groups excluding carboxylic acids is 1. The van der Waals surface area contributed by atoms with Crippen molar-refractivity contribution in [2.24, 2.45) is 0 Å². The van der Waals surface area contributed by atoms with Crippen molar-refractivity contribution in [1.29, 1.82) is 0 Å². The molecule has 2 aliphatic rings. The molecule has 1 heterocycles. The Kier molecular flexibility index (Phi) is 1.49. The zero-order valence-electron chi connectivity index (χ0n) is 7.43. The van der Waals surface area contributed by atoms with Gasteiger partial charge in [-0.05, 0) is 34.8 Å². The monoisotopic (exact) mass is 252 g/mol. The molecular weight excluding hydrogens is 244 g/mol. The molecule has 0 bridgehead atoms. The summed E-state index contributed by atoms with van der Waals surface area (Å²) < 4.78 is 0.955. The number of fused-ring (bicyclic) bond motifs is 2. The van der Waals surface area contributed by atoms with Gasteiger partial charge in [-0.15, -0.1) is 0 Å². The fourth-order valence-electron chi connectivity index (χ4n) is 2.00. The van der Waals surface area contributed by atoms with Crippen molar-refractivity contribution in [2.75, 3.05) is 5.32 Å². The van der Waals surface area contributed by atoms with Crippen LogP contribution in [0.1, 0.15) is 18.4 Å². The number of halogens is 1. The van der Waals surface area contributed by atoms with Crippen molar-refractivity contribution in [2.45, 2.75) is 18.4 Å². The minimum atomic E-state index is -0.0955. The van der Waals surface area contributed by atoms with E-state index >= 15 is 0 Å². The largest absolute Gasteiger partial charge is 0.328 e. The van der Waals surface area contributed by atoms with Crippen LogP contribution in [0.4, 0.5) is 10.5 Å². The highest BCUT2D eigenvalue weighted by Gasteiger charge is 2.49. The van der Waals surface area contributed by atoms with E-state index in [0.29, 0.717) is 0 Å². The van der Waals surface area contributed by atoms with Crippen LogP contribution in [-0.2, 0) is 5.54 Å². The molecule has 1 saturated carbocycles. The highest BCUT2D eigenvalue weighted by Crippen LogP contribution is 2.51. The molecule has 2 N–H and O–H groups in total. The van der Waals surface area contributed by atoms with Crippen LogP contribution in [0.25, 0.3) is 0 Å². The van der Waals surface area contributed by atoms with Crippen molar-refractivity contribution in [3.63, 3.8) is 0 Å². The number of carbonyl (C=O) groups is 1. The number of rotatable bonds is 0. The van der Waals surface area contributed by atoms with Crippen molar-refractivity contribution in [3.8, 4) is 0 Å². The van der Waals surface area contributed by atoms with Gasteiger partial charge >= 0.3 is 6.03 Å².